The van der Waals surface area contributed by atoms with Gasteiger partial charge in [-0.1, -0.05) is 6.92 Å². The zero-order valence-electron chi connectivity index (χ0n) is 8.26. The van der Waals surface area contributed by atoms with Crippen molar-refractivity contribution < 1.29 is 9.18 Å². The lowest BCUT2D eigenvalue weighted by atomic mass is 10.2. The summed E-state index contributed by atoms with van der Waals surface area (Å²) < 4.78 is 13.4. The lowest BCUT2D eigenvalue weighted by Crippen LogP contribution is -2.35. The van der Waals surface area contributed by atoms with Gasteiger partial charge in [0.2, 0.25) is 5.91 Å². The highest BCUT2D eigenvalue weighted by Gasteiger charge is 2.12. The highest BCUT2D eigenvalue weighted by Crippen LogP contribution is 2.19. The van der Waals surface area contributed by atoms with E-state index < -0.39 is 6.04 Å². The maximum absolute atomic E-state index is 12.8. The second kappa shape index (κ2) is 5.41. The van der Waals surface area contributed by atoms with Crippen molar-refractivity contribution in [2.75, 3.05) is 5.32 Å². The van der Waals surface area contributed by atoms with Gasteiger partial charge in [0.1, 0.15) is 5.82 Å². The van der Waals surface area contributed by atoms with Crippen LogP contribution in [0.3, 0.4) is 0 Å². The van der Waals surface area contributed by atoms with Crippen molar-refractivity contribution in [3.63, 3.8) is 0 Å². The van der Waals surface area contributed by atoms with Crippen LogP contribution in [0.5, 0.6) is 0 Å². The van der Waals surface area contributed by atoms with Crippen molar-refractivity contribution in [1.29, 1.82) is 0 Å². The maximum atomic E-state index is 12.8. The fourth-order valence-electron chi connectivity index (χ4n) is 1.00. The third-order valence-corrected chi connectivity index (χ3v) is 2.86. The fourth-order valence-corrected chi connectivity index (χ4v) is 1.61. The maximum Gasteiger partial charge on any atom is 0.241 e. The number of hydrogen-bond donors (Lipinski definition) is 2. The van der Waals surface area contributed by atoms with Crippen LogP contribution in [0.2, 0.25) is 0 Å². The first-order valence-corrected chi connectivity index (χ1v) is 5.64. The SMILES string of the molecule is CC[C@H](N)C(=O)Nc1ccc(F)cc1I. The standard InChI is InChI=1S/C10H12FIN2O/c1-2-8(13)10(15)14-9-4-3-6(11)5-7(9)12/h3-5,8H,2,13H2,1H3,(H,14,15)/t8-/m0/s1. The van der Waals surface area contributed by atoms with Gasteiger partial charge in [0, 0.05) is 3.57 Å². The van der Waals surface area contributed by atoms with Gasteiger partial charge in [-0.25, -0.2) is 4.39 Å². The van der Waals surface area contributed by atoms with E-state index in [0.717, 1.165) is 0 Å². The minimum absolute atomic E-state index is 0.248. The number of rotatable bonds is 3. The Morgan fingerprint density at radius 2 is 2.33 bits per heavy atom. The number of nitrogens with two attached hydrogens (primary N) is 1. The first-order chi connectivity index (χ1) is 7.04. The topological polar surface area (TPSA) is 55.1 Å². The van der Waals surface area contributed by atoms with Gasteiger partial charge in [-0.2, -0.15) is 0 Å². The van der Waals surface area contributed by atoms with Crippen LogP contribution >= 0.6 is 22.6 Å². The van der Waals surface area contributed by atoms with Crippen molar-refractivity contribution >= 4 is 34.2 Å². The van der Waals surface area contributed by atoms with E-state index in [1.54, 1.807) is 0 Å². The molecule has 1 aromatic rings. The molecule has 0 aliphatic rings. The molecule has 3 N–H and O–H groups in total. The van der Waals surface area contributed by atoms with Crippen LogP contribution in [0.1, 0.15) is 13.3 Å². The molecule has 0 aliphatic heterocycles. The monoisotopic (exact) mass is 322 g/mol. The van der Waals surface area contributed by atoms with Gasteiger partial charge in [-0.15, -0.1) is 0 Å². The number of carbonyl (C=O) groups is 1. The lowest BCUT2D eigenvalue weighted by molar-refractivity contribution is -0.117. The van der Waals surface area contributed by atoms with E-state index in [0.29, 0.717) is 15.7 Å². The summed E-state index contributed by atoms with van der Waals surface area (Å²) in [6.07, 6.45) is 0.573. The summed E-state index contributed by atoms with van der Waals surface area (Å²) in [6.45, 7) is 1.83. The van der Waals surface area contributed by atoms with E-state index in [-0.39, 0.29) is 11.7 Å². The summed E-state index contributed by atoms with van der Waals surface area (Å²) in [7, 11) is 0. The van der Waals surface area contributed by atoms with Gasteiger partial charge in [0.15, 0.2) is 0 Å². The summed E-state index contributed by atoms with van der Waals surface area (Å²) in [6, 6.07) is 3.66. The number of hydrogen-bond acceptors (Lipinski definition) is 2. The third kappa shape index (κ3) is 3.42. The normalized spacial score (nSPS) is 12.3. The van der Waals surface area contributed by atoms with Gasteiger partial charge < -0.3 is 11.1 Å². The Hall–Kier alpha value is -0.690. The van der Waals surface area contributed by atoms with Crippen LogP contribution in [0.25, 0.3) is 0 Å². The molecule has 15 heavy (non-hydrogen) atoms. The summed E-state index contributed by atoms with van der Waals surface area (Å²) in [4.78, 5) is 11.4. The summed E-state index contributed by atoms with van der Waals surface area (Å²) in [5.41, 5.74) is 6.14. The first kappa shape index (κ1) is 12.4. The van der Waals surface area contributed by atoms with Crippen molar-refractivity contribution in [1.82, 2.24) is 0 Å². The molecule has 3 nitrogen and oxygen atoms in total. The molecule has 0 bridgehead atoms. The molecule has 0 fully saturated rings. The predicted octanol–water partition coefficient (Wildman–Crippen LogP) is 2.11. The highest BCUT2D eigenvalue weighted by molar-refractivity contribution is 14.1. The zero-order chi connectivity index (χ0) is 11.4. The number of halogens is 2. The lowest BCUT2D eigenvalue weighted by Gasteiger charge is -2.11. The summed E-state index contributed by atoms with van der Waals surface area (Å²) in [5, 5.41) is 2.65. The van der Waals surface area contributed by atoms with Crippen molar-refractivity contribution in [3.8, 4) is 0 Å². The van der Waals surface area contributed by atoms with Crippen LogP contribution in [0, 0.1) is 9.39 Å². The van der Waals surface area contributed by atoms with Gasteiger partial charge >= 0.3 is 0 Å². The molecule has 0 saturated carbocycles. The van der Waals surface area contributed by atoms with Crippen LogP contribution in [0.4, 0.5) is 10.1 Å². The smallest absolute Gasteiger partial charge is 0.241 e. The molecule has 5 heteroatoms. The van der Waals surface area contributed by atoms with E-state index in [4.69, 9.17) is 5.73 Å². The molecule has 1 amide bonds. The molecule has 0 spiro atoms. The van der Waals surface area contributed by atoms with Crippen molar-refractivity contribution in [2.24, 2.45) is 5.73 Å². The molecule has 0 unspecified atom stereocenters. The Bertz CT molecular complexity index is 370. The Morgan fingerprint density at radius 1 is 1.67 bits per heavy atom. The Balaban J connectivity index is 2.77. The molecular weight excluding hydrogens is 310 g/mol. The van der Waals surface area contributed by atoms with Crippen LogP contribution < -0.4 is 11.1 Å². The third-order valence-electron chi connectivity index (χ3n) is 1.97. The van der Waals surface area contributed by atoms with Gasteiger partial charge in [0.25, 0.3) is 0 Å². The van der Waals surface area contributed by atoms with Crippen LogP contribution in [0.15, 0.2) is 18.2 Å². The molecule has 0 heterocycles. The molecular formula is C10H12FIN2O. The molecule has 82 valence electrons. The first-order valence-electron chi connectivity index (χ1n) is 4.56. The molecule has 0 aromatic heterocycles. The minimum Gasteiger partial charge on any atom is -0.324 e. The Labute approximate surface area is 101 Å². The Morgan fingerprint density at radius 3 is 2.87 bits per heavy atom. The van der Waals surface area contributed by atoms with E-state index in [1.165, 1.54) is 18.2 Å². The van der Waals surface area contributed by atoms with Crippen LogP contribution in [-0.2, 0) is 4.79 Å². The van der Waals surface area contributed by atoms with Gasteiger partial charge in [-0.05, 0) is 47.2 Å². The van der Waals surface area contributed by atoms with E-state index in [2.05, 4.69) is 5.32 Å². The Kier molecular flexibility index (Phi) is 4.46. The second-order valence-corrected chi connectivity index (χ2v) is 4.29. The van der Waals surface area contributed by atoms with Gasteiger partial charge in [-0.3, -0.25) is 4.79 Å². The van der Waals surface area contributed by atoms with E-state index in [9.17, 15) is 9.18 Å². The summed E-state index contributed by atoms with van der Waals surface area (Å²) >= 11 is 1.96. The number of benzene rings is 1. The van der Waals surface area contributed by atoms with Crippen molar-refractivity contribution in [2.45, 2.75) is 19.4 Å². The average molecular weight is 322 g/mol. The molecule has 0 aliphatic carbocycles. The summed E-state index contributed by atoms with van der Waals surface area (Å²) in [5.74, 6) is -0.570. The van der Waals surface area contributed by atoms with E-state index in [1.807, 2.05) is 29.5 Å². The van der Waals surface area contributed by atoms with Gasteiger partial charge in [0.05, 0.1) is 11.7 Å². The number of amides is 1. The molecule has 0 radical (unpaired) electrons. The molecule has 0 saturated heterocycles. The van der Waals surface area contributed by atoms with E-state index >= 15 is 0 Å². The number of anilines is 1. The largest absolute Gasteiger partial charge is 0.324 e. The van der Waals surface area contributed by atoms with Crippen molar-refractivity contribution in [3.05, 3.63) is 27.6 Å². The highest BCUT2D eigenvalue weighted by atomic mass is 127. The zero-order valence-corrected chi connectivity index (χ0v) is 10.4. The number of carbonyl (C=O) groups excluding carboxylic acids is 1. The molecule has 1 aromatic carbocycles. The fraction of sp³-hybridized carbons (Fsp3) is 0.300. The molecule has 1 rings (SSSR count). The predicted molar refractivity (Wildman–Crippen MR) is 66.0 cm³/mol. The number of nitrogens with one attached hydrogen (secondary N) is 1. The minimum atomic E-state index is -0.522. The molecule has 1 atom stereocenters. The second-order valence-electron chi connectivity index (χ2n) is 3.13. The quantitative estimate of drug-likeness (QED) is 0.838. The average Bonchev–Trinajstić information content (AvgIpc) is 2.20. The van der Waals surface area contributed by atoms with Crippen LogP contribution in [-0.4, -0.2) is 11.9 Å².